The van der Waals surface area contributed by atoms with Gasteiger partial charge in [0.15, 0.2) is 0 Å². The molecule has 1 aliphatic rings. The third-order valence-corrected chi connectivity index (χ3v) is 2.59. The van der Waals surface area contributed by atoms with Crippen LogP contribution in [-0.2, 0) is 9.47 Å². The molecule has 1 heterocycles. The summed E-state index contributed by atoms with van der Waals surface area (Å²) >= 11 is 0. The average molecular weight is 245 g/mol. The van der Waals surface area contributed by atoms with Crippen LogP contribution in [0.1, 0.15) is 34.1 Å². The zero-order valence-corrected chi connectivity index (χ0v) is 11.1. The number of rotatable bonds is 2. The average Bonchev–Trinajstić information content (AvgIpc) is 2.26. The molecule has 2 unspecified atom stereocenters. The van der Waals surface area contributed by atoms with Crippen molar-refractivity contribution in [2.24, 2.45) is 0 Å². The number of nitrogens with zero attached hydrogens (tertiary/aromatic N) is 1. The van der Waals surface area contributed by atoms with Crippen LogP contribution in [0, 0.1) is 0 Å². The second-order valence-corrected chi connectivity index (χ2v) is 5.31. The summed E-state index contributed by atoms with van der Waals surface area (Å²) in [4.78, 5) is 13.4. The number of hydrogen-bond acceptors (Lipinski definition) is 4. The molecule has 5 heteroatoms. The Morgan fingerprint density at radius 2 is 2.24 bits per heavy atom. The van der Waals surface area contributed by atoms with Gasteiger partial charge in [-0.25, -0.2) is 4.79 Å². The molecular weight excluding hydrogens is 222 g/mol. The van der Waals surface area contributed by atoms with Crippen LogP contribution in [-0.4, -0.2) is 53.6 Å². The van der Waals surface area contributed by atoms with Crippen molar-refractivity contribution in [1.29, 1.82) is 0 Å². The van der Waals surface area contributed by atoms with Crippen LogP contribution in [0.15, 0.2) is 0 Å². The van der Waals surface area contributed by atoms with E-state index in [9.17, 15) is 9.90 Å². The van der Waals surface area contributed by atoms with E-state index in [1.807, 2.05) is 27.7 Å². The number of carbonyl (C=O) groups is 1. The highest BCUT2D eigenvalue weighted by atomic mass is 16.6. The summed E-state index contributed by atoms with van der Waals surface area (Å²) in [6.45, 7) is 8.75. The van der Waals surface area contributed by atoms with E-state index in [-0.39, 0.29) is 12.2 Å². The lowest BCUT2D eigenvalue weighted by Crippen LogP contribution is -2.50. The zero-order chi connectivity index (χ0) is 13.1. The van der Waals surface area contributed by atoms with Gasteiger partial charge < -0.3 is 19.5 Å². The minimum atomic E-state index is -0.528. The predicted octanol–water partition coefficient (Wildman–Crippen LogP) is 1.39. The Hall–Kier alpha value is -0.810. The molecule has 1 saturated heterocycles. The first kappa shape index (κ1) is 14.3. The monoisotopic (exact) mass is 245 g/mol. The largest absolute Gasteiger partial charge is 0.444 e. The van der Waals surface area contributed by atoms with E-state index in [1.165, 1.54) is 0 Å². The molecule has 0 aromatic rings. The fraction of sp³-hybridized carbons (Fsp3) is 0.917. The Morgan fingerprint density at radius 1 is 1.59 bits per heavy atom. The summed E-state index contributed by atoms with van der Waals surface area (Å²) in [7, 11) is 0. The van der Waals surface area contributed by atoms with Crippen molar-refractivity contribution in [1.82, 2.24) is 4.90 Å². The van der Waals surface area contributed by atoms with Crippen molar-refractivity contribution in [3.63, 3.8) is 0 Å². The molecule has 1 fully saturated rings. The van der Waals surface area contributed by atoms with E-state index in [0.717, 1.165) is 0 Å². The van der Waals surface area contributed by atoms with Gasteiger partial charge in [-0.2, -0.15) is 0 Å². The molecule has 0 aromatic heterocycles. The maximum absolute atomic E-state index is 11.8. The van der Waals surface area contributed by atoms with E-state index in [1.54, 1.807) is 4.90 Å². The highest BCUT2D eigenvalue weighted by molar-refractivity contribution is 5.68. The summed E-state index contributed by atoms with van der Waals surface area (Å²) in [6, 6.07) is 0. The second-order valence-electron chi connectivity index (χ2n) is 5.31. The van der Waals surface area contributed by atoms with Crippen LogP contribution < -0.4 is 0 Å². The number of amides is 1. The molecule has 1 amide bonds. The second kappa shape index (κ2) is 5.69. The maximum atomic E-state index is 11.8. The van der Waals surface area contributed by atoms with Gasteiger partial charge in [-0.05, 0) is 27.2 Å². The quantitative estimate of drug-likeness (QED) is 0.798. The first-order valence-electron chi connectivity index (χ1n) is 6.11. The zero-order valence-electron chi connectivity index (χ0n) is 11.1. The van der Waals surface area contributed by atoms with E-state index in [4.69, 9.17) is 9.47 Å². The van der Waals surface area contributed by atoms with Crippen LogP contribution in [0.5, 0.6) is 0 Å². The normalized spacial score (nSPS) is 23.4. The number of ether oxygens (including phenoxy) is 2. The third-order valence-electron chi connectivity index (χ3n) is 2.59. The molecule has 1 N–H and O–H groups in total. The summed E-state index contributed by atoms with van der Waals surface area (Å²) in [5.41, 5.74) is -0.492. The molecule has 0 spiro atoms. The minimum Gasteiger partial charge on any atom is -0.444 e. The number of aliphatic hydroxyl groups excluding tert-OH is 1. The molecule has 1 aliphatic heterocycles. The summed E-state index contributed by atoms with van der Waals surface area (Å²) in [6.07, 6.45) is -0.553. The summed E-state index contributed by atoms with van der Waals surface area (Å²) in [5, 5.41) is 9.71. The van der Waals surface area contributed by atoms with Gasteiger partial charge in [-0.15, -0.1) is 0 Å². The van der Waals surface area contributed by atoms with Crippen LogP contribution >= 0.6 is 0 Å². The molecule has 0 radical (unpaired) electrons. The first-order valence-corrected chi connectivity index (χ1v) is 6.11. The van der Waals surface area contributed by atoms with Crippen molar-refractivity contribution < 1.29 is 19.4 Å². The standard InChI is InChI=1S/C12H23NO4/c1-5-9(14)10-8-13(6-7-16-10)11(15)17-12(2,3)4/h9-10,14H,5-8H2,1-4H3. The van der Waals surface area contributed by atoms with Gasteiger partial charge >= 0.3 is 6.09 Å². The van der Waals surface area contributed by atoms with E-state index in [0.29, 0.717) is 26.1 Å². The van der Waals surface area contributed by atoms with E-state index >= 15 is 0 Å². The van der Waals surface area contributed by atoms with Crippen molar-refractivity contribution >= 4 is 6.09 Å². The molecule has 0 bridgehead atoms. The van der Waals surface area contributed by atoms with Gasteiger partial charge in [-0.1, -0.05) is 6.92 Å². The number of carbonyl (C=O) groups excluding carboxylic acids is 1. The molecule has 5 nitrogen and oxygen atoms in total. The Kier molecular flexibility index (Phi) is 4.77. The Morgan fingerprint density at radius 3 is 2.76 bits per heavy atom. The van der Waals surface area contributed by atoms with Gasteiger partial charge in [0, 0.05) is 6.54 Å². The lowest BCUT2D eigenvalue weighted by Gasteiger charge is -2.35. The molecular formula is C12H23NO4. The van der Waals surface area contributed by atoms with Crippen LogP contribution in [0.4, 0.5) is 4.79 Å². The predicted molar refractivity (Wildman–Crippen MR) is 63.8 cm³/mol. The molecule has 2 atom stereocenters. The topological polar surface area (TPSA) is 59.0 Å². The lowest BCUT2D eigenvalue weighted by atomic mass is 10.1. The van der Waals surface area contributed by atoms with Crippen molar-refractivity contribution in [2.75, 3.05) is 19.7 Å². The summed E-state index contributed by atoms with van der Waals surface area (Å²) < 4.78 is 10.7. The van der Waals surface area contributed by atoms with Crippen LogP contribution in [0.3, 0.4) is 0 Å². The minimum absolute atomic E-state index is 0.304. The van der Waals surface area contributed by atoms with Crippen molar-refractivity contribution in [3.8, 4) is 0 Å². The van der Waals surface area contributed by atoms with Gasteiger partial charge in [-0.3, -0.25) is 0 Å². The molecule has 17 heavy (non-hydrogen) atoms. The highest BCUT2D eigenvalue weighted by Gasteiger charge is 2.30. The molecule has 0 saturated carbocycles. The first-order chi connectivity index (χ1) is 7.83. The SMILES string of the molecule is CCC(O)C1CN(C(=O)OC(C)(C)C)CCO1. The number of aliphatic hydroxyl groups is 1. The number of morpholine rings is 1. The Balaban J connectivity index is 2.52. The smallest absolute Gasteiger partial charge is 0.410 e. The number of hydrogen-bond donors (Lipinski definition) is 1. The van der Waals surface area contributed by atoms with Crippen molar-refractivity contribution in [3.05, 3.63) is 0 Å². The molecule has 1 rings (SSSR count). The van der Waals surface area contributed by atoms with Gasteiger partial charge in [0.1, 0.15) is 11.7 Å². The van der Waals surface area contributed by atoms with Crippen molar-refractivity contribution in [2.45, 2.75) is 51.9 Å². The molecule has 100 valence electrons. The fourth-order valence-corrected chi connectivity index (χ4v) is 1.66. The Bertz CT molecular complexity index is 262. The van der Waals surface area contributed by atoms with Gasteiger partial charge in [0.05, 0.1) is 19.3 Å². The highest BCUT2D eigenvalue weighted by Crippen LogP contribution is 2.15. The van der Waals surface area contributed by atoms with Gasteiger partial charge in [0.2, 0.25) is 0 Å². The third kappa shape index (κ3) is 4.52. The Labute approximate surface area is 103 Å². The van der Waals surface area contributed by atoms with E-state index in [2.05, 4.69) is 0 Å². The van der Waals surface area contributed by atoms with Crippen LogP contribution in [0.25, 0.3) is 0 Å². The van der Waals surface area contributed by atoms with Gasteiger partial charge in [0.25, 0.3) is 0 Å². The lowest BCUT2D eigenvalue weighted by molar-refractivity contribution is -0.0898. The fourth-order valence-electron chi connectivity index (χ4n) is 1.66. The molecule has 0 aliphatic carbocycles. The van der Waals surface area contributed by atoms with Crippen LogP contribution in [0.2, 0.25) is 0 Å². The maximum Gasteiger partial charge on any atom is 0.410 e. The van der Waals surface area contributed by atoms with E-state index < -0.39 is 11.7 Å². The molecule has 0 aromatic carbocycles. The summed E-state index contributed by atoms with van der Waals surface area (Å²) in [5.74, 6) is 0.